The maximum atomic E-state index is 5.37. The van der Waals surface area contributed by atoms with Gasteiger partial charge < -0.3 is 5.73 Å². The van der Waals surface area contributed by atoms with E-state index >= 15 is 0 Å². The van der Waals surface area contributed by atoms with Crippen LogP contribution in [0.3, 0.4) is 0 Å². The predicted octanol–water partition coefficient (Wildman–Crippen LogP) is 1.26. The number of rotatable bonds is 4. The topological polar surface area (TPSA) is 38.4 Å². The third-order valence-corrected chi connectivity index (χ3v) is 2.55. The maximum absolute atomic E-state index is 5.37. The van der Waals surface area contributed by atoms with Crippen molar-refractivity contribution in [3.8, 4) is 0 Å². The van der Waals surface area contributed by atoms with Crippen LogP contribution in [0.2, 0.25) is 0 Å². The summed E-state index contributed by atoms with van der Waals surface area (Å²) >= 11 is 1.90. The summed E-state index contributed by atoms with van der Waals surface area (Å²) in [6, 6.07) is 0. The first-order valence-corrected chi connectivity index (χ1v) is 4.78. The Bertz CT molecular complexity index is 123. The molecule has 3 heteroatoms. The molecule has 1 aliphatic rings. The summed E-state index contributed by atoms with van der Waals surface area (Å²) in [5.74, 6) is 1.19. The lowest BCUT2D eigenvalue weighted by Crippen LogP contribution is -1.99. The molecule has 0 bridgehead atoms. The average Bonchev–Trinajstić information content (AvgIpc) is 2.41. The number of unbranched alkanes of at least 4 members (excludes halogenated alkanes) is 1. The van der Waals surface area contributed by atoms with Crippen LogP contribution in [0.4, 0.5) is 0 Å². The molecule has 0 saturated carbocycles. The molecule has 10 heavy (non-hydrogen) atoms. The predicted molar refractivity (Wildman–Crippen MR) is 47.7 cm³/mol. The van der Waals surface area contributed by atoms with Crippen molar-refractivity contribution in [1.29, 1.82) is 0 Å². The lowest BCUT2D eigenvalue weighted by atomic mass is 10.2. The Kier molecular flexibility index (Phi) is 3.83. The van der Waals surface area contributed by atoms with E-state index in [1.165, 1.54) is 17.2 Å². The van der Waals surface area contributed by atoms with Crippen LogP contribution in [0.15, 0.2) is 4.99 Å². The van der Waals surface area contributed by atoms with Gasteiger partial charge in [-0.2, -0.15) is 0 Å². The van der Waals surface area contributed by atoms with Crippen molar-refractivity contribution in [2.75, 3.05) is 18.8 Å². The van der Waals surface area contributed by atoms with Gasteiger partial charge >= 0.3 is 0 Å². The van der Waals surface area contributed by atoms with E-state index in [0.29, 0.717) is 0 Å². The fourth-order valence-electron chi connectivity index (χ4n) is 0.951. The van der Waals surface area contributed by atoms with Crippen LogP contribution in [-0.4, -0.2) is 23.9 Å². The zero-order valence-electron chi connectivity index (χ0n) is 6.18. The van der Waals surface area contributed by atoms with Gasteiger partial charge in [0.15, 0.2) is 0 Å². The average molecular weight is 158 g/mol. The Morgan fingerprint density at radius 3 is 3.00 bits per heavy atom. The highest BCUT2D eigenvalue weighted by atomic mass is 32.2. The van der Waals surface area contributed by atoms with Crippen LogP contribution in [0, 0.1) is 0 Å². The van der Waals surface area contributed by atoms with E-state index in [4.69, 9.17) is 5.73 Å². The van der Waals surface area contributed by atoms with Gasteiger partial charge in [0.2, 0.25) is 0 Å². The van der Waals surface area contributed by atoms with Gasteiger partial charge in [0.1, 0.15) is 0 Å². The summed E-state index contributed by atoms with van der Waals surface area (Å²) in [6.07, 6.45) is 3.50. The molecule has 0 radical (unpaired) electrons. The lowest BCUT2D eigenvalue weighted by Gasteiger charge is -1.96. The minimum absolute atomic E-state index is 0.817. The van der Waals surface area contributed by atoms with E-state index in [1.807, 2.05) is 11.8 Å². The van der Waals surface area contributed by atoms with E-state index in [1.54, 1.807) is 0 Å². The molecule has 1 heterocycles. The minimum Gasteiger partial charge on any atom is -0.330 e. The second-order valence-corrected chi connectivity index (χ2v) is 3.54. The van der Waals surface area contributed by atoms with Gasteiger partial charge in [-0.3, -0.25) is 4.99 Å². The van der Waals surface area contributed by atoms with Crippen LogP contribution in [0.25, 0.3) is 0 Å². The monoisotopic (exact) mass is 158 g/mol. The molecule has 0 atom stereocenters. The molecule has 0 unspecified atom stereocenters. The molecule has 0 aromatic rings. The summed E-state index contributed by atoms with van der Waals surface area (Å²) in [7, 11) is 0. The molecule has 0 fully saturated rings. The molecule has 0 aliphatic carbocycles. The van der Waals surface area contributed by atoms with Crippen molar-refractivity contribution < 1.29 is 0 Å². The molecule has 1 rings (SSSR count). The maximum Gasteiger partial charge on any atom is 0.0676 e. The fraction of sp³-hybridized carbons (Fsp3) is 0.857. The SMILES string of the molecule is NCCCCC1=NCCS1. The number of hydrogen-bond donors (Lipinski definition) is 1. The van der Waals surface area contributed by atoms with Crippen LogP contribution in [0.1, 0.15) is 19.3 Å². The van der Waals surface area contributed by atoms with Crippen molar-refractivity contribution in [3.05, 3.63) is 0 Å². The van der Waals surface area contributed by atoms with Gasteiger partial charge in [-0.05, 0) is 25.8 Å². The quantitative estimate of drug-likeness (QED) is 0.625. The van der Waals surface area contributed by atoms with Crippen LogP contribution in [-0.2, 0) is 0 Å². The number of nitrogens with zero attached hydrogens (tertiary/aromatic N) is 1. The first kappa shape index (κ1) is 8.08. The Morgan fingerprint density at radius 1 is 1.50 bits per heavy atom. The molecule has 0 aromatic carbocycles. The molecule has 0 spiro atoms. The summed E-state index contributed by atoms with van der Waals surface area (Å²) < 4.78 is 0. The normalized spacial score (nSPS) is 17.5. The first-order chi connectivity index (χ1) is 4.93. The van der Waals surface area contributed by atoms with Gasteiger partial charge in [-0.25, -0.2) is 0 Å². The van der Waals surface area contributed by atoms with Gasteiger partial charge in [0.05, 0.1) is 5.04 Å². The largest absolute Gasteiger partial charge is 0.330 e. The molecule has 0 aromatic heterocycles. The standard InChI is InChI=1S/C7H14N2S/c8-4-2-1-3-7-9-5-6-10-7/h1-6,8H2. The highest BCUT2D eigenvalue weighted by molar-refractivity contribution is 8.14. The molecule has 2 N–H and O–H groups in total. The second kappa shape index (κ2) is 4.74. The summed E-state index contributed by atoms with van der Waals surface area (Å²) in [6.45, 7) is 1.85. The number of aliphatic imine (C=N–C) groups is 1. The number of nitrogens with two attached hydrogens (primary N) is 1. The summed E-state index contributed by atoms with van der Waals surface area (Å²) in [5, 5.41) is 1.34. The van der Waals surface area contributed by atoms with Crippen molar-refractivity contribution >= 4 is 16.8 Å². The van der Waals surface area contributed by atoms with E-state index in [9.17, 15) is 0 Å². The van der Waals surface area contributed by atoms with Gasteiger partial charge in [0.25, 0.3) is 0 Å². The van der Waals surface area contributed by atoms with Gasteiger partial charge in [-0.15, -0.1) is 11.8 Å². The molecule has 2 nitrogen and oxygen atoms in total. The minimum atomic E-state index is 0.817. The van der Waals surface area contributed by atoms with Gasteiger partial charge in [-0.1, -0.05) is 0 Å². The lowest BCUT2D eigenvalue weighted by molar-refractivity contribution is 0.776. The Hall–Kier alpha value is -0.0200. The molecule has 0 amide bonds. The third kappa shape index (κ3) is 2.71. The van der Waals surface area contributed by atoms with E-state index in [2.05, 4.69) is 4.99 Å². The van der Waals surface area contributed by atoms with Crippen molar-refractivity contribution in [2.45, 2.75) is 19.3 Å². The smallest absolute Gasteiger partial charge is 0.0676 e. The van der Waals surface area contributed by atoms with E-state index in [0.717, 1.165) is 25.9 Å². The van der Waals surface area contributed by atoms with E-state index in [-0.39, 0.29) is 0 Å². The molecular weight excluding hydrogens is 144 g/mol. The molecule has 1 aliphatic heterocycles. The van der Waals surface area contributed by atoms with Crippen LogP contribution < -0.4 is 5.73 Å². The highest BCUT2D eigenvalue weighted by Gasteiger charge is 2.04. The molecular formula is C7H14N2S. The Morgan fingerprint density at radius 2 is 2.40 bits per heavy atom. The van der Waals surface area contributed by atoms with Crippen molar-refractivity contribution in [3.63, 3.8) is 0 Å². The summed E-state index contributed by atoms with van der Waals surface area (Å²) in [4.78, 5) is 4.35. The van der Waals surface area contributed by atoms with Crippen LogP contribution >= 0.6 is 11.8 Å². The number of hydrogen-bond acceptors (Lipinski definition) is 3. The second-order valence-electron chi connectivity index (χ2n) is 2.37. The fourth-order valence-corrected chi connectivity index (χ4v) is 1.84. The zero-order valence-corrected chi connectivity index (χ0v) is 6.99. The van der Waals surface area contributed by atoms with Crippen molar-refractivity contribution in [2.24, 2.45) is 10.7 Å². The Labute approximate surface area is 66.3 Å². The molecule has 0 saturated heterocycles. The van der Waals surface area contributed by atoms with Gasteiger partial charge in [0, 0.05) is 12.3 Å². The number of thioether (sulfide) groups is 1. The first-order valence-electron chi connectivity index (χ1n) is 3.79. The Balaban J connectivity index is 2.01. The molecule has 58 valence electrons. The highest BCUT2D eigenvalue weighted by Crippen LogP contribution is 2.15. The van der Waals surface area contributed by atoms with E-state index < -0.39 is 0 Å². The zero-order chi connectivity index (χ0) is 7.23. The van der Waals surface area contributed by atoms with Crippen LogP contribution in [0.5, 0.6) is 0 Å². The van der Waals surface area contributed by atoms with Crippen molar-refractivity contribution in [1.82, 2.24) is 0 Å². The third-order valence-electron chi connectivity index (χ3n) is 1.49. The summed E-state index contributed by atoms with van der Waals surface area (Å²) in [5.41, 5.74) is 5.37.